The summed E-state index contributed by atoms with van der Waals surface area (Å²) >= 11 is 0. The molecule has 3 aromatic rings. The molecule has 2 heterocycles. The molecule has 0 saturated heterocycles. The van der Waals surface area contributed by atoms with E-state index in [1.54, 1.807) is 0 Å². The molecule has 2 aromatic heterocycles. The van der Waals surface area contributed by atoms with E-state index in [1.807, 2.05) is 18.3 Å². The van der Waals surface area contributed by atoms with Crippen LogP contribution in [0.4, 0.5) is 0 Å². The first-order chi connectivity index (χ1) is 11.6. The lowest BCUT2D eigenvalue weighted by Gasteiger charge is -2.06. The van der Waals surface area contributed by atoms with Gasteiger partial charge in [-0.1, -0.05) is 12.1 Å². The van der Waals surface area contributed by atoms with Gasteiger partial charge in [0.15, 0.2) is 5.75 Å². The number of carbonyl (C=O) groups excluding carboxylic acids is 1. The Morgan fingerprint density at radius 1 is 1.25 bits per heavy atom. The van der Waals surface area contributed by atoms with Gasteiger partial charge in [0.25, 0.3) is 5.91 Å². The van der Waals surface area contributed by atoms with E-state index >= 15 is 0 Å². The lowest BCUT2D eigenvalue weighted by molar-refractivity contribution is 0.0949. The maximum absolute atomic E-state index is 12.1. The molecular formula is C18H19N3O3. The van der Waals surface area contributed by atoms with Gasteiger partial charge in [0.2, 0.25) is 5.43 Å². The van der Waals surface area contributed by atoms with Gasteiger partial charge < -0.3 is 20.0 Å². The molecule has 0 unspecified atom stereocenters. The Kier molecular flexibility index (Phi) is 4.37. The highest BCUT2D eigenvalue weighted by Gasteiger charge is 2.10. The second kappa shape index (κ2) is 6.62. The van der Waals surface area contributed by atoms with Crippen LogP contribution in [0, 0.1) is 6.92 Å². The number of fused-ring (bicyclic) bond motifs is 1. The van der Waals surface area contributed by atoms with Crippen molar-refractivity contribution >= 4 is 16.8 Å². The van der Waals surface area contributed by atoms with Crippen LogP contribution in [0.25, 0.3) is 10.9 Å². The third-order valence-corrected chi connectivity index (χ3v) is 4.02. The van der Waals surface area contributed by atoms with E-state index in [9.17, 15) is 9.59 Å². The highest BCUT2D eigenvalue weighted by Crippen LogP contribution is 2.22. The van der Waals surface area contributed by atoms with Crippen LogP contribution in [0.2, 0.25) is 0 Å². The molecule has 0 saturated carbocycles. The van der Waals surface area contributed by atoms with Gasteiger partial charge in [-0.25, -0.2) is 0 Å². The number of nitrogens with one attached hydrogen (secondary N) is 3. The Morgan fingerprint density at radius 2 is 2.08 bits per heavy atom. The largest absolute Gasteiger partial charge is 0.491 e. The van der Waals surface area contributed by atoms with E-state index in [0.717, 1.165) is 11.1 Å². The minimum absolute atomic E-state index is 0.181. The van der Waals surface area contributed by atoms with Crippen molar-refractivity contribution in [3.05, 3.63) is 63.7 Å². The molecule has 0 atom stereocenters. The predicted molar refractivity (Wildman–Crippen MR) is 92.7 cm³/mol. The number of pyridine rings is 1. The van der Waals surface area contributed by atoms with Crippen molar-refractivity contribution in [2.75, 3.05) is 13.7 Å². The highest BCUT2D eigenvalue weighted by molar-refractivity contribution is 5.92. The molecule has 0 aliphatic carbocycles. The Bertz CT molecular complexity index is 940. The molecule has 124 valence electrons. The number of amides is 1. The molecule has 3 N–H and O–H groups in total. The number of benzene rings is 1. The van der Waals surface area contributed by atoms with Crippen LogP contribution < -0.4 is 15.5 Å². The summed E-state index contributed by atoms with van der Waals surface area (Å²) in [6.45, 7) is 2.55. The SMILES string of the molecule is COc1c[nH]c(C(=O)NCCc2c[nH]c3cccc(C)c23)cc1=O. The number of ether oxygens (including phenoxy) is 1. The molecule has 1 aromatic carbocycles. The van der Waals surface area contributed by atoms with E-state index in [4.69, 9.17) is 4.74 Å². The number of methoxy groups -OCH3 is 1. The van der Waals surface area contributed by atoms with Crippen molar-refractivity contribution in [1.82, 2.24) is 15.3 Å². The van der Waals surface area contributed by atoms with Crippen molar-refractivity contribution in [2.45, 2.75) is 13.3 Å². The van der Waals surface area contributed by atoms with Crippen LogP contribution in [0.15, 0.2) is 41.5 Å². The molecule has 6 nitrogen and oxygen atoms in total. The van der Waals surface area contributed by atoms with Crippen LogP contribution in [-0.2, 0) is 6.42 Å². The first-order valence-electron chi connectivity index (χ1n) is 7.70. The van der Waals surface area contributed by atoms with Crippen LogP contribution in [0.3, 0.4) is 0 Å². The number of aromatic nitrogens is 2. The number of H-pyrrole nitrogens is 2. The molecule has 1 amide bonds. The second-order valence-corrected chi connectivity index (χ2v) is 5.60. The number of aromatic amines is 2. The van der Waals surface area contributed by atoms with Gasteiger partial charge in [0, 0.05) is 35.9 Å². The standard InChI is InChI=1S/C18H19N3O3/c1-11-4-3-5-13-17(11)12(9-20-13)6-7-19-18(23)14-8-15(22)16(24-2)10-21-14/h3-5,8-10,20H,6-7H2,1-2H3,(H,19,23)(H,21,22). The molecule has 0 aliphatic heterocycles. The lowest BCUT2D eigenvalue weighted by atomic mass is 10.1. The van der Waals surface area contributed by atoms with Gasteiger partial charge in [0.1, 0.15) is 5.69 Å². The van der Waals surface area contributed by atoms with E-state index in [1.165, 1.54) is 30.3 Å². The Balaban J connectivity index is 1.66. The van der Waals surface area contributed by atoms with Crippen LogP contribution in [-0.4, -0.2) is 29.5 Å². The fourth-order valence-corrected chi connectivity index (χ4v) is 2.80. The quantitative estimate of drug-likeness (QED) is 0.672. The highest BCUT2D eigenvalue weighted by atomic mass is 16.5. The average Bonchev–Trinajstić information content (AvgIpc) is 2.99. The number of hydrogen-bond donors (Lipinski definition) is 3. The number of rotatable bonds is 5. The number of aryl methyl sites for hydroxylation is 1. The predicted octanol–water partition coefficient (Wildman–Crippen LogP) is 2.15. The second-order valence-electron chi connectivity index (χ2n) is 5.60. The van der Waals surface area contributed by atoms with Gasteiger partial charge in [-0.05, 0) is 30.5 Å². The molecule has 0 bridgehead atoms. The minimum atomic E-state index is -0.325. The molecular weight excluding hydrogens is 306 g/mol. The first kappa shape index (κ1) is 15.9. The molecule has 0 radical (unpaired) electrons. The van der Waals surface area contributed by atoms with Crippen molar-refractivity contribution in [1.29, 1.82) is 0 Å². The minimum Gasteiger partial charge on any atom is -0.491 e. The van der Waals surface area contributed by atoms with E-state index in [0.29, 0.717) is 13.0 Å². The van der Waals surface area contributed by atoms with Crippen molar-refractivity contribution in [2.24, 2.45) is 0 Å². The maximum atomic E-state index is 12.1. The zero-order valence-corrected chi connectivity index (χ0v) is 13.6. The van der Waals surface area contributed by atoms with Gasteiger partial charge in [-0.2, -0.15) is 0 Å². The summed E-state index contributed by atoms with van der Waals surface area (Å²) in [4.78, 5) is 29.8. The number of carbonyl (C=O) groups is 1. The lowest BCUT2D eigenvalue weighted by Crippen LogP contribution is -2.27. The molecule has 0 spiro atoms. The monoisotopic (exact) mass is 325 g/mol. The molecule has 24 heavy (non-hydrogen) atoms. The van der Waals surface area contributed by atoms with Crippen molar-refractivity contribution in [3.63, 3.8) is 0 Å². The first-order valence-corrected chi connectivity index (χ1v) is 7.70. The van der Waals surface area contributed by atoms with Gasteiger partial charge in [-0.3, -0.25) is 9.59 Å². The van der Waals surface area contributed by atoms with E-state index in [2.05, 4.69) is 28.3 Å². The summed E-state index contributed by atoms with van der Waals surface area (Å²) in [5.74, 6) is -0.132. The van der Waals surface area contributed by atoms with E-state index < -0.39 is 0 Å². The maximum Gasteiger partial charge on any atom is 0.267 e. The molecule has 3 rings (SSSR count). The van der Waals surface area contributed by atoms with Crippen LogP contribution >= 0.6 is 0 Å². The Morgan fingerprint density at radius 3 is 2.83 bits per heavy atom. The molecule has 0 fully saturated rings. The third-order valence-electron chi connectivity index (χ3n) is 4.02. The summed E-state index contributed by atoms with van der Waals surface area (Å²) in [5, 5.41) is 4.02. The van der Waals surface area contributed by atoms with Crippen LogP contribution in [0.5, 0.6) is 5.75 Å². The molecule has 6 heteroatoms. The third kappa shape index (κ3) is 3.03. The summed E-state index contributed by atoms with van der Waals surface area (Å²) in [6.07, 6.45) is 4.07. The van der Waals surface area contributed by atoms with Crippen molar-refractivity contribution in [3.8, 4) is 5.75 Å². The fraction of sp³-hybridized carbons (Fsp3) is 0.222. The van der Waals surface area contributed by atoms with Crippen LogP contribution in [0.1, 0.15) is 21.6 Å². The summed E-state index contributed by atoms with van der Waals surface area (Å²) in [7, 11) is 1.41. The normalized spacial score (nSPS) is 10.8. The summed E-state index contributed by atoms with van der Waals surface area (Å²) < 4.78 is 4.88. The summed E-state index contributed by atoms with van der Waals surface area (Å²) in [6, 6.07) is 7.36. The fourth-order valence-electron chi connectivity index (χ4n) is 2.80. The van der Waals surface area contributed by atoms with Crippen molar-refractivity contribution < 1.29 is 9.53 Å². The van der Waals surface area contributed by atoms with Gasteiger partial charge in [0.05, 0.1) is 7.11 Å². The smallest absolute Gasteiger partial charge is 0.267 e. The molecule has 0 aliphatic rings. The average molecular weight is 325 g/mol. The topological polar surface area (TPSA) is 87.0 Å². The zero-order valence-electron chi connectivity index (χ0n) is 13.6. The summed E-state index contributed by atoms with van der Waals surface area (Å²) in [5.41, 5.74) is 3.35. The Labute approximate surface area is 138 Å². The van der Waals surface area contributed by atoms with Gasteiger partial charge in [-0.15, -0.1) is 0 Å². The number of hydrogen-bond acceptors (Lipinski definition) is 3. The van der Waals surface area contributed by atoms with Gasteiger partial charge >= 0.3 is 0 Å². The zero-order chi connectivity index (χ0) is 17.1. The Hall–Kier alpha value is -3.02. The van der Waals surface area contributed by atoms with E-state index in [-0.39, 0.29) is 22.8 Å².